The number of primary amides is 1. The summed E-state index contributed by atoms with van der Waals surface area (Å²) in [5, 5.41) is 0. The van der Waals surface area contributed by atoms with E-state index < -0.39 is 0 Å². The second-order valence-electron chi connectivity index (χ2n) is 4.69. The Bertz CT molecular complexity index is 266. The van der Waals surface area contributed by atoms with Crippen LogP contribution in [0.3, 0.4) is 0 Å². The van der Waals surface area contributed by atoms with Crippen molar-refractivity contribution in [2.45, 2.75) is 52.0 Å². The van der Waals surface area contributed by atoms with Crippen LogP contribution >= 0.6 is 0 Å². The van der Waals surface area contributed by atoms with Gasteiger partial charge in [0.2, 0.25) is 11.8 Å². The summed E-state index contributed by atoms with van der Waals surface area (Å²) in [5.74, 6) is -0.550. The van der Waals surface area contributed by atoms with Crippen LogP contribution in [0.5, 0.6) is 0 Å². The van der Waals surface area contributed by atoms with Gasteiger partial charge in [0, 0.05) is 19.0 Å². The third-order valence-electron chi connectivity index (χ3n) is 3.32. The van der Waals surface area contributed by atoms with E-state index in [2.05, 4.69) is 13.8 Å². The molecule has 2 atom stereocenters. The molecule has 0 saturated carbocycles. The molecule has 1 rings (SSSR count). The van der Waals surface area contributed by atoms with Crippen molar-refractivity contribution < 1.29 is 9.59 Å². The van der Waals surface area contributed by atoms with Crippen molar-refractivity contribution in [3.05, 3.63) is 0 Å². The molecule has 0 bridgehead atoms. The van der Waals surface area contributed by atoms with Crippen LogP contribution in [0.2, 0.25) is 0 Å². The maximum absolute atomic E-state index is 11.7. The lowest BCUT2D eigenvalue weighted by atomic mass is 10.1. The van der Waals surface area contributed by atoms with Crippen LogP contribution < -0.4 is 5.73 Å². The zero-order chi connectivity index (χ0) is 12.1. The van der Waals surface area contributed by atoms with Crippen molar-refractivity contribution in [2.24, 2.45) is 11.7 Å². The maximum Gasteiger partial charge on any atom is 0.223 e. The molecule has 4 heteroatoms. The number of hydrogen-bond acceptors (Lipinski definition) is 2. The Morgan fingerprint density at radius 3 is 2.75 bits per heavy atom. The lowest BCUT2D eigenvalue weighted by Crippen LogP contribution is -2.35. The van der Waals surface area contributed by atoms with E-state index in [9.17, 15) is 9.59 Å². The number of amides is 2. The van der Waals surface area contributed by atoms with Gasteiger partial charge in [-0.1, -0.05) is 26.2 Å². The van der Waals surface area contributed by atoms with Crippen LogP contribution in [-0.2, 0) is 9.59 Å². The lowest BCUT2D eigenvalue weighted by Gasteiger charge is -2.24. The minimum absolute atomic E-state index is 0.0767. The lowest BCUT2D eigenvalue weighted by molar-refractivity contribution is -0.130. The highest BCUT2D eigenvalue weighted by Crippen LogP contribution is 2.22. The van der Waals surface area contributed by atoms with E-state index in [1.54, 1.807) is 0 Å². The Labute approximate surface area is 97.2 Å². The smallest absolute Gasteiger partial charge is 0.223 e. The number of unbranched alkanes of at least 4 members (excludes halogenated alkanes) is 2. The largest absolute Gasteiger partial charge is 0.369 e. The highest BCUT2D eigenvalue weighted by Gasteiger charge is 2.35. The highest BCUT2D eigenvalue weighted by atomic mass is 16.2. The summed E-state index contributed by atoms with van der Waals surface area (Å²) in [6.07, 6.45) is 4.84. The first kappa shape index (κ1) is 13.0. The van der Waals surface area contributed by atoms with Gasteiger partial charge in [0.25, 0.3) is 0 Å². The molecule has 1 saturated heterocycles. The van der Waals surface area contributed by atoms with E-state index in [1.165, 1.54) is 12.8 Å². The minimum Gasteiger partial charge on any atom is -0.369 e. The number of hydrogen-bond donors (Lipinski definition) is 1. The van der Waals surface area contributed by atoms with Gasteiger partial charge in [-0.05, 0) is 13.3 Å². The molecule has 0 aliphatic carbocycles. The van der Waals surface area contributed by atoms with Crippen LogP contribution in [0.1, 0.15) is 46.0 Å². The van der Waals surface area contributed by atoms with Crippen molar-refractivity contribution in [3.63, 3.8) is 0 Å². The average Bonchev–Trinajstić information content (AvgIpc) is 2.61. The van der Waals surface area contributed by atoms with E-state index in [-0.39, 0.29) is 23.8 Å². The van der Waals surface area contributed by atoms with Gasteiger partial charge < -0.3 is 10.6 Å². The predicted molar refractivity (Wildman–Crippen MR) is 62.6 cm³/mol. The molecule has 1 aliphatic heterocycles. The maximum atomic E-state index is 11.7. The molecule has 2 amide bonds. The van der Waals surface area contributed by atoms with Crippen molar-refractivity contribution >= 4 is 11.8 Å². The van der Waals surface area contributed by atoms with Crippen molar-refractivity contribution in [2.75, 3.05) is 6.54 Å². The van der Waals surface area contributed by atoms with Crippen molar-refractivity contribution in [3.8, 4) is 0 Å². The molecular formula is C12H22N2O2. The topological polar surface area (TPSA) is 63.4 Å². The molecule has 2 unspecified atom stereocenters. The Kier molecular flexibility index (Phi) is 4.77. The molecule has 92 valence electrons. The molecule has 1 aliphatic rings. The van der Waals surface area contributed by atoms with Gasteiger partial charge in [-0.15, -0.1) is 0 Å². The van der Waals surface area contributed by atoms with Gasteiger partial charge in [0.05, 0.1) is 5.92 Å². The van der Waals surface area contributed by atoms with Gasteiger partial charge in [-0.2, -0.15) is 0 Å². The van der Waals surface area contributed by atoms with Crippen LogP contribution in [-0.4, -0.2) is 29.3 Å². The molecule has 1 fully saturated rings. The second-order valence-corrected chi connectivity index (χ2v) is 4.69. The van der Waals surface area contributed by atoms with E-state index in [1.807, 2.05) is 4.90 Å². The number of carbonyl (C=O) groups is 2. The molecule has 0 aromatic heterocycles. The average molecular weight is 226 g/mol. The van der Waals surface area contributed by atoms with E-state index in [0.717, 1.165) is 12.8 Å². The second kappa shape index (κ2) is 5.87. The van der Waals surface area contributed by atoms with Gasteiger partial charge >= 0.3 is 0 Å². The Hall–Kier alpha value is -1.06. The summed E-state index contributed by atoms with van der Waals surface area (Å²) in [4.78, 5) is 24.5. The Balaban J connectivity index is 2.41. The minimum atomic E-state index is -0.350. The van der Waals surface area contributed by atoms with E-state index in [0.29, 0.717) is 13.0 Å². The van der Waals surface area contributed by atoms with Crippen molar-refractivity contribution in [1.82, 2.24) is 4.90 Å². The molecule has 1 heterocycles. The predicted octanol–water partition coefficient (Wildman–Crippen LogP) is 1.29. The Morgan fingerprint density at radius 1 is 1.56 bits per heavy atom. The Morgan fingerprint density at radius 2 is 2.25 bits per heavy atom. The van der Waals surface area contributed by atoms with Gasteiger partial charge in [0.1, 0.15) is 0 Å². The molecule has 16 heavy (non-hydrogen) atoms. The number of carbonyl (C=O) groups excluding carboxylic acids is 2. The summed E-state index contributed by atoms with van der Waals surface area (Å²) >= 11 is 0. The normalized spacial score (nSPS) is 22.5. The molecule has 4 nitrogen and oxygen atoms in total. The molecule has 0 aromatic rings. The fourth-order valence-corrected chi connectivity index (χ4v) is 2.19. The van der Waals surface area contributed by atoms with Gasteiger partial charge in [-0.25, -0.2) is 0 Å². The fourth-order valence-electron chi connectivity index (χ4n) is 2.19. The van der Waals surface area contributed by atoms with Crippen LogP contribution in [0, 0.1) is 5.92 Å². The third kappa shape index (κ3) is 3.22. The molecule has 0 radical (unpaired) electrons. The highest BCUT2D eigenvalue weighted by molar-refractivity contribution is 5.88. The third-order valence-corrected chi connectivity index (χ3v) is 3.32. The standard InChI is InChI=1S/C12H22N2O2/c1-3-4-5-6-9(2)14-8-10(12(13)16)7-11(14)15/h9-10H,3-8H2,1-2H3,(H2,13,16). The summed E-state index contributed by atoms with van der Waals surface area (Å²) in [6, 6.07) is 0.239. The monoisotopic (exact) mass is 226 g/mol. The fraction of sp³-hybridized carbons (Fsp3) is 0.833. The molecule has 0 spiro atoms. The van der Waals surface area contributed by atoms with Crippen LogP contribution in [0.25, 0.3) is 0 Å². The van der Waals surface area contributed by atoms with Gasteiger partial charge in [-0.3, -0.25) is 9.59 Å². The SMILES string of the molecule is CCCCCC(C)N1CC(C(N)=O)CC1=O. The zero-order valence-corrected chi connectivity index (χ0v) is 10.2. The summed E-state index contributed by atoms with van der Waals surface area (Å²) in [5.41, 5.74) is 5.23. The molecule has 2 N–H and O–H groups in total. The summed E-state index contributed by atoms with van der Waals surface area (Å²) in [7, 11) is 0. The number of rotatable bonds is 6. The zero-order valence-electron chi connectivity index (χ0n) is 10.2. The van der Waals surface area contributed by atoms with Crippen LogP contribution in [0.15, 0.2) is 0 Å². The number of nitrogens with two attached hydrogens (primary N) is 1. The number of nitrogens with zero attached hydrogens (tertiary/aromatic N) is 1. The van der Waals surface area contributed by atoms with E-state index >= 15 is 0 Å². The first-order valence-corrected chi connectivity index (χ1v) is 6.15. The number of likely N-dealkylation sites (tertiary alicyclic amines) is 1. The first-order chi connectivity index (χ1) is 7.56. The van der Waals surface area contributed by atoms with E-state index in [4.69, 9.17) is 5.73 Å². The first-order valence-electron chi connectivity index (χ1n) is 6.15. The molecular weight excluding hydrogens is 204 g/mol. The quantitative estimate of drug-likeness (QED) is 0.694. The summed E-state index contributed by atoms with van der Waals surface area (Å²) < 4.78 is 0. The van der Waals surface area contributed by atoms with Crippen LogP contribution in [0.4, 0.5) is 0 Å². The van der Waals surface area contributed by atoms with Crippen molar-refractivity contribution in [1.29, 1.82) is 0 Å². The van der Waals surface area contributed by atoms with Gasteiger partial charge in [0.15, 0.2) is 0 Å². The summed E-state index contributed by atoms with van der Waals surface area (Å²) in [6.45, 7) is 4.73. The molecule has 0 aromatic carbocycles.